The van der Waals surface area contributed by atoms with Crippen molar-refractivity contribution in [3.63, 3.8) is 0 Å². The zero-order valence-corrected chi connectivity index (χ0v) is 10.1. The summed E-state index contributed by atoms with van der Waals surface area (Å²) < 4.78 is 57.9. The lowest BCUT2D eigenvalue weighted by atomic mass is 10.0. The summed E-state index contributed by atoms with van der Waals surface area (Å²) in [6.07, 6.45) is 0. The number of rotatable bonds is 3. The van der Waals surface area contributed by atoms with Gasteiger partial charge in [-0.25, -0.2) is 0 Å². The summed E-state index contributed by atoms with van der Waals surface area (Å²) in [4.78, 5) is 0. The summed E-state index contributed by atoms with van der Waals surface area (Å²) in [5.41, 5.74) is -0.826. The predicted molar refractivity (Wildman–Crippen MR) is 57.5 cm³/mol. The van der Waals surface area contributed by atoms with E-state index in [1.807, 2.05) is 0 Å². The molecule has 2 nitrogen and oxygen atoms in total. The number of halogens is 4. The Labute approximate surface area is 102 Å². The molecule has 18 heavy (non-hydrogen) atoms. The van der Waals surface area contributed by atoms with Crippen LogP contribution in [0, 0.1) is 23.3 Å². The predicted octanol–water partition coefficient (Wildman–Crippen LogP) is 3.68. The molecule has 0 saturated carbocycles. The zero-order chi connectivity index (χ0) is 14.2. The van der Waals surface area contributed by atoms with Crippen LogP contribution in [0.4, 0.5) is 17.6 Å². The zero-order valence-electron chi connectivity index (χ0n) is 10.1. The first-order chi connectivity index (χ1) is 8.09. The van der Waals surface area contributed by atoms with E-state index in [0.29, 0.717) is 5.57 Å². The highest BCUT2D eigenvalue weighted by Crippen LogP contribution is 2.36. The number of benzene rings is 1. The molecule has 0 aliphatic carbocycles. The lowest BCUT2D eigenvalue weighted by molar-refractivity contribution is 0.130. The van der Waals surface area contributed by atoms with E-state index in [-0.39, 0.29) is 0 Å². The third kappa shape index (κ3) is 2.27. The van der Waals surface area contributed by atoms with E-state index in [2.05, 4.69) is 6.58 Å². The Kier molecular flexibility index (Phi) is 3.59. The van der Waals surface area contributed by atoms with Crippen molar-refractivity contribution in [2.75, 3.05) is 0 Å². The van der Waals surface area contributed by atoms with Crippen LogP contribution in [0.15, 0.2) is 12.2 Å². The maximum atomic E-state index is 13.4. The van der Waals surface area contributed by atoms with Crippen molar-refractivity contribution in [3.05, 3.63) is 35.4 Å². The van der Waals surface area contributed by atoms with Crippen molar-refractivity contribution in [3.8, 4) is 11.5 Å². The molecule has 0 saturated heterocycles. The van der Waals surface area contributed by atoms with Crippen LogP contribution in [0.1, 0.15) is 20.8 Å². The molecule has 0 radical (unpaired) electrons. The number of hydrogen-bond donors (Lipinski definition) is 1. The van der Waals surface area contributed by atoms with Gasteiger partial charge in [-0.05, 0) is 26.3 Å². The lowest BCUT2D eigenvalue weighted by Crippen LogP contribution is -2.30. The Hall–Kier alpha value is -1.72. The SMILES string of the molecule is C=C(C)C(C)(C)Oc1c(F)c(F)c(O)c(F)c1F. The highest BCUT2D eigenvalue weighted by molar-refractivity contribution is 5.38. The molecule has 1 N–H and O–H groups in total. The highest BCUT2D eigenvalue weighted by atomic mass is 19.2. The molecule has 0 spiro atoms. The van der Waals surface area contributed by atoms with Gasteiger partial charge in [-0.2, -0.15) is 17.6 Å². The van der Waals surface area contributed by atoms with Crippen molar-refractivity contribution in [1.82, 2.24) is 0 Å². The van der Waals surface area contributed by atoms with Crippen LogP contribution in [0.2, 0.25) is 0 Å². The second kappa shape index (κ2) is 4.51. The first-order valence-electron chi connectivity index (χ1n) is 4.99. The fraction of sp³-hybridized carbons (Fsp3) is 0.333. The van der Waals surface area contributed by atoms with Gasteiger partial charge in [0.25, 0.3) is 0 Å². The maximum absolute atomic E-state index is 13.4. The van der Waals surface area contributed by atoms with E-state index in [0.717, 1.165) is 0 Å². The average molecular weight is 264 g/mol. The van der Waals surface area contributed by atoms with Gasteiger partial charge in [-0.1, -0.05) is 6.58 Å². The topological polar surface area (TPSA) is 29.5 Å². The van der Waals surface area contributed by atoms with Crippen molar-refractivity contribution in [2.24, 2.45) is 0 Å². The van der Waals surface area contributed by atoms with Crippen LogP contribution in [-0.4, -0.2) is 10.7 Å². The monoisotopic (exact) mass is 264 g/mol. The van der Waals surface area contributed by atoms with Crippen LogP contribution < -0.4 is 4.74 Å². The van der Waals surface area contributed by atoms with E-state index in [4.69, 9.17) is 9.84 Å². The quantitative estimate of drug-likeness (QED) is 0.512. The Morgan fingerprint density at radius 2 is 1.44 bits per heavy atom. The molecule has 0 heterocycles. The third-order valence-electron chi connectivity index (χ3n) is 2.58. The van der Waals surface area contributed by atoms with Crippen molar-refractivity contribution in [2.45, 2.75) is 26.4 Å². The fourth-order valence-corrected chi connectivity index (χ4v) is 1.03. The van der Waals surface area contributed by atoms with Gasteiger partial charge in [0.15, 0.2) is 11.5 Å². The third-order valence-corrected chi connectivity index (χ3v) is 2.58. The average Bonchev–Trinajstić information content (AvgIpc) is 2.29. The summed E-state index contributed by atoms with van der Waals surface area (Å²) in [5, 5.41) is 8.80. The van der Waals surface area contributed by atoms with Crippen LogP contribution in [0.25, 0.3) is 0 Å². The first kappa shape index (κ1) is 14.3. The molecule has 0 amide bonds. The minimum atomic E-state index is -1.90. The smallest absolute Gasteiger partial charge is 0.207 e. The molecule has 0 bridgehead atoms. The summed E-state index contributed by atoms with van der Waals surface area (Å²) in [6.45, 7) is 7.92. The summed E-state index contributed by atoms with van der Waals surface area (Å²) in [5.74, 6) is -10.3. The van der Waals surface area contributed by atoms with Crippen LogP contribution >= 0.6 is 0 Å². The maximum Gasteiger partial charge on any atom is 0.207 e. The van der Waals surface area contributed by atoms with Crippen molar-refractivity contribution in [1.29, 1.82) is 0 Å². The lowest BCUT2D eigenvalue weighted by Gasteiger charge is -2.27. The highest BCUT2D eigenvalue weighted by Gasteiger charge is 2.31. The van der Waals surface area contributed by atoms with Gasteiger partial charge < -0.3 is 9.84 Å². The summed E-state index contributed by atoms with van der Waals surface area (Å²) >= 11 is 0. The molecule has 1 rings (SSSR count). The minimum absolute atomic E-state index is 0.398. The Morgan fingerprint density at radius 3 is 1.78 bits per heavy atom. The fourth-order valence-electron chi connectivity index (χ4n) is 1.03. The number of phenols is 1. The first-order valence-corrected chi connectivity index (χ1v) is 4.99. The standard InChI is InChI=1S/C12H12F4O2/c1-5(2)12(3,4)18-11-8(15)6(13)10(17)7(14)9(11)16/h17H,1H2,2-4H3. The van der Waals surface area contributed by atoms with E-state index in [1.165, 1.54) is 20.8 Å². The van der Waals surface area contributed by atoms with Gasteiger partial charge in [0.2, 0.25) is 23.3 Å². The van der Waals surface area contributed by atoms with Gasteiger partial charge in [0.05, 0.1) is 0 Å². The molecule has 0 aromatic heterocycles. The van der Waals surface area contributed by atoms with Gasteiger partial charge in [0, 0.05) is 0 Å². The molecule has 0 atom stereocenters. The molecule has 0 fully saturated rings. The molecule has 1 aromatic rings. The number of aromatic hydroxyl groups is 1. The molecular formula is C12H12F4O2. The Balaban J connectivity index is 3.39. The van der Waals surface area contributed by atoms with E-state index < -0.39 is 40.4 Å². The number of hydrogen-bond acceptors (Lipinski definition) is 2. The molecule has 0 unspecified atom stereocenters. The molecule has 6 heteroatoms. The minimum Gasteiger partial charge on any atom is -0.503 e. The summed E-state index contributed by atoms with van der Waals surface area (Å²) in [6, 6.07) is 0. The van der Waals surface area contributed by atoms with Gasteiger partial charge in [0.1, 0.15) is 5.60 Å². The molecule has 0 aliphatic heterocycles. The number of ether oxygens (including phenoxy) is 1. The second-order valence-electron chi connectivity index (χ2n) is 4.33. The van der Waals surface area contributed by atoms with E-state index in [1.54, 1.807) is 0 Å². The van der Waals surface area contributed by atoms with Gasteiger partial charge in [-0.3, -0.25) is 0 Å². The molecule has 100 valence electrons. The largest absolute Gasteiger partial charge is 0.503 e. The van der Waals surface area contributed by atoms with Crippen LogP contribution in [0.3, 0.4) is 0 Å². The van der Waals surface area contributed by atoms with Crippen molar-refractivity contribution < 1.29 is 27.4 Å². The second-order valence-corrected chi connectivity index (χ2v) is 4.33. The van der Waals surface area contributed by atoms with Crippen LogP contribution in [-0.2, 0) is 0 Å². The molecule has 1 aromatic carbocycles. The van der Waals surface area contributed by atoms with Gasteiger partial charge in [-0.15, -0.1) is 0 Å². The van der Waals surface area contributed by atoms with E-state index >= 15 is 0 Å². The van der Waals surface area contributed by atoms with Gasteiger partial charge >= 0.3 is 0 Å². The molecular weight excluding hydrogens is 252 g/mol. The Bertz CT molecular complexity index is 480. The van der Waals surface area contributed by atoms with Crippen molar-refractivity contribution >= 4 is 0 Å². The normalized spacial score (nSPS) is 11.5. The number of phenolic OH excluding ortho intramolecular Hbond substituents is 1. The molecule has 0 aliphatic rings. The Morgan fingerprint density at radius 1 is 1.06 bits per heavy atom. The van der Waals surface area contributed by atoms with Crippen LogP contribution in [0.5, 0.6) is 11.5 Å². The summed E-state index contributed by atoms with van der Waals surface area (Å²) in [7, 11) is 0. The van der Waals surface area contributed by atoms with E-state index in [9.17, 15) is 17.6 Å².